The van der Waals surface area contributed by atoms with Crippen LogP contribution in [0, 0.1) is 12.8 Å². The lowest BCUT2D eigenvalue weighted by molar-refractivity contribution is -0.119. The minimum atomic E-state index is -3.64. The lowest BCUT2D eigenvalue weighted by atomic mass is 10.0. The van der Waals surface area contributed by atoms with Gasteiger partial charge < -0.3 is 10.2 Å². The Hall–Kier alpha value is -3.31. The summed E-state index contributed by atoms with van der Waals surface area (Å²) in [5, 5.41) is 3.86. The largest absolute Gasteiger partial charge is 0.331 e. The topological polar surface area (TPSA) is 113 Å². The number of benzene rings is 1. The van der Waals surface area contributed by atoms with Gasteiger partial charge in [0.25, 0.3) is 5.91 Å². The Balaban J connectivity index is 1.31. The third-order valence-corrected chi connectivity index (χ3v) is 10.1. The summed E-state index contributed by atoms with van der Waals surface area (Å²) in [5.74, 6) is 1.57. The number of rotatable bonds is 7. The number of amides is 2. The fourth-order valence-corrected chi connectivity index (χ4v) is 7.43. The molecule has 204 valence electrons. The van der Waals surface area contributed by atoms with Crippen LogP contribution in [0.1, 0.15) is 60.6 Å². The highest BCUT2D eigenvalue weighted by atomic mass is 32.2. The molecular formula is C28H31N5O4S2. The molecule has 4 heterocycles. The molecule has 11 heteroatoms. The summed E-state index contributed by atoms with van der Waals surface area (Å²) in [7, 11) is -3.64. The number of nitrogens with zero attached hydrogens (tertiary/aromatic N) is 4. The van der Waals surface area contributed by atoms with Gasteiger partial charge in [0.2, 0.25) is 5.91 Å². The molecule has 1 aromatic carbocycles. The lowest BCUT2D eigenvalue weighted by Gasteiger charge is -2.25. The molecule has 1 atom stereocenters. The molecule has 1 aliphatic carbocycles. The molecule has 3 aliphatic rings. The predicted octanol–water partition coefficient (Wildman–Crippen LogP) is 4.93. The van der Waals surface area contributed by atoms with E-state index < -0.39 is 9.84 Å². The van der Waals surface area contributed by atoms with Crippen molar-refractivity contribution in [2.75, 3.05) is 23.0 Å². The Labute approximate surface area is 232 Å². The van der Waals surface area contributed by atoms with Gasteiger partial charge in [0.15, 0.2) is 15.0 Å². The number of carbonyl (C=O) groups excluding carboxylic acids is 2. The zero-order chi connectivity index (χ0) is 27.5. The van der Waals surface area contributed by atoms with Gasteiger partial charge in [-0.2, -0.15) is 0 Å². The maximum absolute atomic E-state index is 13.3. The van der Waals surface area contributed by atoms with Gasteiger partial charge in [-0.25, -0.2) is 18.4 Å². The summed E-state index contributed by atoms with van der Waals surface area (Å²) < 4.78 is 25.7. The molecule has 0 radical (unpaired) electrons. The highest BCUT2D eigenvalue weighted by Gasteiger charge is 2.41. The smallest absolute Gasteiger partial charge is 0.256 e. The number of hydrogen-bond donors (Lipinski definition) is 1. The number of pyridine rings is 1. The third-order valence-electron chi connectivity index (χ3n) is 7.82. The van der Waals surface area contributed by atoms with Crippen molar-refractivity contribution in [3.63, 3.8) is 0 Å². The van der Waals surface area contributed by atoms with Crippen LogP contribution in [0.5, 0.6) is 0 Å². The number of nitrogens with one attached hydrogen (secondary N) is 1. The van der Waals surface area contributed by atoms with Crippen molar-refractivity contribution in [1.82, 2.24) is 14.9 Å². The average molecular weight is 566 g/mol. The van der Waals surface area contributed by atoms with Crippen LogP contribution in [0.3, 0.4) is 0 Å². The molecule has 1 saturated carbocycles. The minimum absolute atomic E-state index is 0.0772. The van der Waals surface area contributed by atoms with Crippen molar-refractivity contribution in [3.8, 4) is 10.4 Å². The highest BCUT2D eigenvalue weighted by molar-refractivity contribution is 7.90. The predicted molar refractivity (Wildman–Crippen MR) is 151 cm³/mol. The van der Waals surface area contributed by atoms with E-state index in [0.717, 1.165) is 53.6 Å². The number of carbonyl (C=O) groups is 2. The van der Waals surface area contributed by atoms with Crippen LogP contribution in [0.4, 0.5) is 16.8 Å². The van der Waals surface area contributed by atoms with E-state index >= 15 is 0 Å². The normalized spacial score (nSPS) is 18.4. The molecule has 3 aromatic rings. The van der Waals surface area contributed by atoms with E-state index in [1.807, 2.05) is 36.1 Å². The van der Waals surface area contributed by atoms with Crippen molar-refractivity contribution in [1.29, 1.82) is 0 Å². The zero-order valence-corrected chi connectivity index (χ0v) is 23.9. The molecule has 1 saturated heterocycles. The van der Waals surface area contributed by atoms with E-state index in [1.54, 1.807) is 11.0 Å². The van der Waals surface area contributed by atoms with Crippen LogP contribution in [0.15, 0.2) is 35.2 Å². The van der Waals surface area contributed by atoms with E-state index in [0.29, 0.717) is 47.8 Å². The molecule has 0 spiro atoms. The number of piperidine rings is 1. The highest BCUT2D eigenvalue weighted by Crippen LogP contribution is 2.42. The number of aromatic nitrogens is 2. The second kappa shape index (κ2) is 9.71. The number of thiazole rings is 1. The van der Waals surface area contributed by atoms with Crippen LogP contribution in [-0.4, -0.2) is 53.9 Å². The molecule has 0 bridgehead atoms. The first-order valence-electron chi connectivity index (χ1n) is 13.3. The first-order chi connectivity index (χ1) is 18.6. The van der Waals surface area contributed by atoms with Gasteiger partial charge in [-0.1, -0.05) is 17.4 Å². The Bertz CT molecular complexity index is 1600. The van der Waals surface area contributed by atoms with Crippen LogP contribution in [0.25, 0.3) is 10.4 Å². The average Bonchev–Trinajstić information content (AvgIpc) is 3.61. The summed E-state index contributed by atoms with van der Waals surface area (Å²) in [6.45, 7) is 5.01. The van der Waals surface area contributed by atoms with E-state index in [2.05, 4.69) is 22.2 Å². The molecule has 9 nitrogen and oxygen atoms in total. The second-order valence-electron chi connectivity index (χ2n) is 10.7. The van der Waals surface area contributed by atoms with Crippen LogP contribution < -0.4 is 10.2 Å². The Kier molecular flexibility index (Phi) is 6.46. The van der Waals surface area contributed by atoms with Gasteiger partial charge in [-0.15, -0.1) is 0 Å². The van der Waals surface area contributed by atoms with E-state index in [-0.39, 0.29) is 22.8 Å². The molecular weight excluding hydrogens is 534 g/mol. The fourth-order valence-electron chi connectivity index (χ4n) is 5.54. The van der Waals surface area contributed by atoms with Crippen molar-refractivity contribution in [3.05, 3.63) is 47.2 Å². The van der Waals surface area contributed by atoms with Crippen molar-refractivity contribution < 1.29 is 18.0 Å². The first-order valence-corrected chi connectivity index (χ1v) is 16.0. The van der Waals surface area contributed by atoms with Gasteiger partial charge in [0, 0.05) is 31.8 Å². The van der Waals surface area contributed by atoms with Crippen molar-refractivity contribution in [2.24, 2.45) is 5.92 Å². The quantitative estimate of drug-likeness (QED) is 0.432. The minimum Gasteiger partial charge on any atom is -0.331 e. The second-order valence-corrected chi connectivity index (χ2v) is 13.7. The maximum Gasteiger partial charge on any atom is 0.256 e. The Morgan fingerprint density at radius 3 is 2.64 bits per heavy atom. The molecule has 39 heavy (non-hydrogen) atoms. The standard InChI is InChI=1S/C28H31N5O4S2/c1-16-26(38-28(29-16)31-22-7-6-8-23(30-22)32-12-5-4-9-24(32)34)19-13-20-15-33(17(2)18-10-11-18)27(35)25(20)21(14-19)39(3,36)37/h6-8,13-14,17-18H,4-5,9-12,15H2,1-3H3,(H,29,30,31). The summed E-state index contributed by atoms with van der Waals surface area (Å²) in [6.07, 6.45) is 5.77. The summed E-state index contributed by atoms with van der Waals surface area (Å²) in [4.78, 5) is 39.4. The maximum atomic E-state index is 13.3. The molecule has 1 N–H and O–H groups in total. The number of anilines is 3. The fraction of sp³-hybridized carbons (Fsp3) is 0.429. The molecule has 2 aromatic heterocycles. The van der Waals surface area contributed by atoms with Gasteiger partial charge in [-0.05, 0) is 80.8 Å². The van der Waals surface area contributed by atoms with Crippen LogP contribution in [-0.2, 0) is 21.2 Å². The summed E-state index contributed by atoms with van der Waals surface area (Å²) >= 11 is 1.40. The van der Waals surface area contributed by atoms with E-state index in [1.165, 1.54) is 11.3 Å². The Morgan fingerprint density at radius 2 is 1.92 bits per heavy atom. The number of sulfone groups is 1. The molecule has 2 fully saturated rings. The third kappa shape index (κ3) is 4.93. The molecule has 6 rings (SSSR count). The van der Waals surface area contributed by atoms with E-state index in [4.69, 9.17) is 0 Å². The lowest BCUT2D eigenvalue weighted by Crippen LogP contribution is -2.35. The SMILES string of the molecule is Cc1nc(Nc2cccc(N3CCCCC3=O)n2)sc1-c1cc2c(c(S(C)(=O)=O)c1)C(=O)N(C(C)C1CC1)C2. The van der Waals surface area contributed by atoms with Crippen LogP contribution >= 0.6 is 11.3 Å². The summed E-state index contributed by atoms with van der Waals surface area (Å²) in [6, 6.07) is 9.16. The Morgan fingerprint density at radius 1 is 1.13 bits per heavy atom. The van der Waals surface area contributed by atoms with Crippen LogP contribution in [0.2, 0.25) is 0 Å². The number of hydrogen-bond acceptors (Lipinski definition) is 8. The number of fused-ring (bicyclic) bond motifs is 1. The monoisotopic (exact) mass is 565 g/mol. The van der Waals surface area contributed by atoms with Gasteiger partial charge >= 0.3 is 0 Å². The van der Waals surface area contributed by atoms with Crippen molar-refractivity contribution >= 4 is 49.8 Å². The number of aryl methyl sites for hydroxylation is 1. The zero-order valence-electron chi connectivity index (χ0n) is 22.2. The molecule has 1 unspecified atom stereocenters. The van der Waals surface area contributed by atoms with Crippen molar-refractivity contribution in [2.45, 2.75) is 63.4 Å². The van der Waals surface area contributed by atoms with Gasteiger partial charge in [-0.3, -0.25) is 14.5 Å². The van der Waals surface area contributed by atoms with E-state index in [9.17, 15) is 18.0 Å². The molecule has 2 aliphatic heterocycles. The molecule has 2 amide bonds. The van der Waals surface area contributed by atoms with Gasteiger partial charge in [0.05, 0.1) is 21.0 Å². The van der Waals surface area contributed by atoms with Gasteiger partial charge in [0.1, 0.15) is 11.6 Å². The first kappa shape index (κ1) is 25.9. The summed E-state index contributed by atoms with van der Waals surface area (Å²) in [5.41, 5.74) is 2.53.